The van der Waals surface area contributed by atoms with Crippen molar-refractivity contribution in [1.82, 2.24) is 14.9 Å². The van der Waals surface area contributed by atoms with Crippen LogP contribution in [0.1, 0.15) is 39.6 Å². The predicted molar refractivity (Wildman–Crippen MR) is 120 cm³/mol. The smallest absolute Gasteiger partial charge is 0.346 e. The van der Waals surface area contributed by atoms with E-state index in [0.717, 1.165) is 30.0 Å². The minimum atomic E-state index is -0.989. The number of morpholine rings is 1. The van der Waals surface area contributed by atoms with Crippen LogP contribution >= 0.6 is 11.3 Å². The Balaban J connectivity index is 1.71. The van der Waals surface area contributed by atoms with Crippen LogP contribution in [-0.2, 0) is 11.3 Å². The molecular weight excluding hydrogens is 435 g/mol. The number of ether oxygens (including phenoxy) is 2. The molecule has 0 amide bonds. The number of benzene rings is 1. The second-order valence-electron chi connectivity index (χ2n) is 7.68. The second kappa shape index (κ2) is 9.35. The van der Waals surface area contributed by atoms with Crippen molar-refractivity contribution in [3.8, 4) is 5.75 Å². The van der Waals surface area contributed by atoms with E-state index in [4.69, 9.17) is 14.5 Å². The van der Waals surface area contributed by atoms with E-state index < -0.39 is 11.8 Å². The first-order valence-electron chi connectivity index (χ1n) is 10.3. The maximum atomic E-state index is 14.2. The Morgan fingerprint density at radius 2 is 2.12 bits per heavy atom. The Labute approximate surface area is 189 Å². The summed E-state index contributed by atoms with van der Waals surface area (Å²) in [5.74, 6) is -0.106. The summed E-state index contributed by atoms with van der Waals surface area (Å²) < 4.78 is 24.6. The zero-order valence-corrected chi connectivity index (χ0v) is 19.0. The number of nitrogens with zero attached hydrogens (tertiary/aromatic N) is 3. The number of carbonyl (C=O) groups is 1. The summed E-state index contributed by atoms with van der Waals surface area (Å²) in [6.45, 7) is 7.10. The largest absolute Gasteiger partial charge is 0.494 e. The summed E-state index contributed by atoms with van der Waals surface area (Å²) in [6.07, 6.45) is 0. The molecule has 32 heavy (non-hydrogen) atoms. The van der Waals surface area contributed by atoms with Gasteiger partial charge in [-0.05, 0) is 37.1 Å². The van der Waals surface area contributed by atoms with E-state index in [2.05, 4.69) is 15.2 Å². The molecule has 2 aromatic heterocycles. The Morgan fingerprint density at radius 3 is 2.78 bits per heavy atom. The Morgan fingerprint density at radius 1 is 1.38 bits per heavy atom. The SMILES string of the molecule is COc1ccc([C@@H](C)Nc2nc(CN3CCOCC3)nc3sc(C(=O)O)c(C)c23)cc1F. The highest BCUT2D eigenvalue weighted by Gasteiger charge is 2.22. The third-order valence-corrected chi connectivity index (χ3v) is 6.70. The number of fused-ring (bicyclic) bond motifs is 1. The van der Waals surface area contributed by atoms with Gasteiger partial charge in [0, 0.05) is 13.1 Å². The molecule has 2 N–H and O–H groups in total. The lowest BCUT2D eigenvalue weighted by molar-refractivity contribution is 0.0331. The number of halogens is 1. The number of hydrogen-bond acceptors (Lipinski definition) is 8. The molecule has 0 spiro atoms. The zero-order chi connectivity index (χ0) is 22.8. The average Bonchev–Trinajstić information content (AvgIpc) is 3.11. The van der Waals surface area contributed by atoms with Gasteiger partial charge < -0.3 is 19.9 Å². The van der Waals surface area contributed by atoms with E-state index in [1.54, 1.807) is 19.1 Å². The van der Waals surface area contributed by atoms with Gasteiger partial charge in [-0.25, -0.2) is 19.2 Å². The number of thiophene rings is 1. The van der Waals surface area contributed by atoms with Crippen LogP contribution in [0, 0.1) is 12.7 Å². The van der Waals surface area contributed by atoms with Gasteiger partial charge in [0.25, 0.3) is 0 Å². The van der Waals surface area contributed by atoms with Crippen LogP contribution in [0.4, 0.5) is 10.2 Å². The molecule has 3 heterocycles. The number of rotatable bonds is 7. The summed E-state index contributed by atoms with van der Waals surface area (Å²) in [5.41, 5.74) is 1.34. The lowest BCUT2D eigenvalue weighted by Gasteiger charge is -2.26. The molecule has 0 unspecified atom stereocenters. The molecule has 3 aromatic rings. The number of carboxylic acid groups (broad SMARTS) is 1. The number of hydrogen-bond donors (Lipinski definition) is 2. The first-order valence-corrected chi connectivity index (χ1v) is 11.1. The molecule has 1 saturated heterocycles. The van der Waals surface area contributed by atoms with E-state index >= 15 is 0 Å². The number of aromatic carboxylic acids is 1. The number of carboxylic acids is 1. The monoisotopic (exact) mass is 460 g/mol. The van der Waals surface area contributed by atoms with Gasteiger partial charge in [0.15, 0.2) is 11.6 Å². The normalized spacial score (nSPS) is 15.6. The van der Waals surface area contributed by atoms with E-state index in [9.17, 15) is 14.3 Å². The third-order valence-electron chi connectivity index (χ3n) is 5.53. The summed E-state index contributed by atoms with van der Waals surface area (Å²) in [4.78, 5) is 24.2. The van der Waals surface area contributed by atoms with Gasteiger partial charge in [-0.3, -0.25) is 4.90 Å². The van der Waals surface area contributed by atoms with E-state index in [-0.39, 0.29) is 16.7 Å². The van der Waals surface area contributed by atoms with Gasteiger partial charge in [-0.2, -0.15) is 0 Å². The summed E-state index contributed by atoms with van der Waals surface area (Å²) in [6, 6.07) is 4.51. The molecule has 0 aliphatic carbocycles. The molecule has 8 nitrogen and oxygen atoms in total. The molecule has 4 rings (SSSR count). The highest BCUT2D eigenvalue weighted by molar-refractivity contribution is 7.20. The molecule has 0 saturated carbocycles. The molecule has 1 atom stereocenters. The lowest BCUT2D eigenvalue weighted by atomic mass is 10.1. The van der Waals surface area contributed by atoms with Crippen LogP contribution in [0.3, 0.4) is 0 Å². The quantitative estimate of drug-likeness (QED) is 0.549. The number of anilines is 1. The first-order chi connectivity index (χ1) is 15.4. The Hall–Kier alpha value is -2.82. The number of aromatic nitrogens is 2. The maximum Gasteiger partial charge on any atom is 0.346 e. The molecule has 1 aromatic carbocycles. The van der Waals surface area contributed by atoms with Crippen molar-refractivity contribution in [2.24, 2.45) is 0 Å². The van der Waals surface area contributed by atoms with Gasteiger partial charge >= 0.3 is 5.97 Å². The Bertz CT molecular complexity index is 1150. The Kier molecular flexibility index (Phi) is 6.54. The number of nitrogens with one attached hydrogen (secondary N) is 1. The van der Waals surface area contributed by atoms with Crippen molar-refractivity contribution in [1.29, 1.82) is 0 Å². The molecule has 0 bridgehead atoms. The summed E-state index contributed by atoms with van der Waals surface area (Å²) >= 11 is 1.14. The van der Waals surface area contributed by atoms with E-state index in [0.29, 0.717) is 47.2 Å². The van der Waals surface area contributed by atoms with Crippen molar-refractivity contribution in [2.75, 3.05) is 38.7 Å². The van der Waals surface area contributed by atoms with Crippen LogP contribution in [0.2, 0.25) is 0 Å². The molecular formula is C22H25FN4O4S. The lowest BCUT2D eigenvalue weighted by Crippen LogP contribution is -2.36. The third kappa shape index (κ3) is 4.52. The molecule has 10 heteroatoms. The van der Waals surface area contributed by atoms with E-state index in [1.807, 2.05) is 6.92 Å². The highest BCUT2D eigenvalue weighted by atomic mass is 32.1. The molecule has 1 aliphatic rings. The number of aryl methyl sites for hydroxylation is 1. The number of methoxy groups -OCH3 is 1. The van der Waals surface area contributed by atoms with Gasteiger partial charge in [0.2, 0.25) is 0 Å². The summed E-state index contributed by atoms with van der Waals surface area (Å²) in [7, 11) is 1.42. The van der Waals surface area contributed by atoms with Crippen LogP contribution in [0.15, 0.2) is 18.2 Å². The predicted octanol–water partition coefficient (Wildman–Crippen LogP) is 3.85. The van der Waals surface area contributed by atoms with Crippen LogP contribution in [-0.4, -0.2) is 59.4 Å². The van der Waals surface area contributed by atoms with Gasteiger partial charge in [-0.15, -0.1) is 11.3 Å². The highest BCUT2D eigenvalue weighted by Crippen LogP contribution is 2.35. The van der Waals surface area contributed by atoms with Gasteiger partial charge in [0.05, 0.1) is 38.3 Å². The van der Waals surface area contributed by atoms with Crippen molar-refractivity contribution >= 4 is 33.3 Å². The van der Waals surface area contributed by atoms with E-state index in [1.165, 1.54) is 13.2 Å². The first kappa shape index (κ1) is 22.4. The topological polar surface area (TPSA) is 96.8 Å². The fourth-order valence-electron chi connectivity index (χ4n) is 3.76. The minimum Gasteiger partial charge on any atom is -0.494 e. The fourth-order valence-corrected chi connectivity index (χ4v) is 4.80. The van der Waals surface area contributed by atoms with Gasteiger partial charge in [0.1, 0.15) is 21.3 Å². The van der Waals surface area contributed by atoms with Crippen molar-refractivity contribution in [2.45, 2.75) is 26.4 Å². The average molecular weight is 461 g/mol. The van der Waals surface area contributed by atoms with Crippen molar-refractivity contribution < 1.29 is 23.8 Å². The van der Waals surface area contributed by atoms with Crippen LogP contribution < -0.4 is 10.1 Å². The van der Waals surface area contributed by atoms with Crippen LogP contribution in [0.25, 0.3) is 10.2 Å². The van der Waals surface area contributed by atoms with Crippen LogP contribution in [0.5, 0.6) is 5.75 Å². The molecule has 0 radical (unpaired) electrons. The minimum absolute atomic E-state index is 0.179. The molecule has 1 fully saturated rings. The zero-order valence-electron chi connectivity index (χ0n) is 18.1. The van der Waals surface area contributed by atoms with Crippen molar-refractivity contribution in [3.63, 3.8) is 0 Å². The molecule has 170 valence electrons. The summed E-state index contributed by atoms with van der Waals surface area (Å²) in [5, 5.41) is 13.6. The fraction of sp³-hybridized carbons (Fsp3) is 0.409. The molecule has 1 aliphatic heterocycles. The second-order valence-corrected chi connectivity index (χ2v) is 8.68. The standard InChI is InChI=1S/C22H25FN4O4S/c1-12-18-20(24-13(2)14-4-5-16(30-3)15(23)10-14)25-17(11-27-6-8-31-9-7-27)26-21(18)32-19(12)22(28)29/h4-5,10,13H,6-9,11H2,1-3H3,(H,28,29)(H,24,25,26)/t13-/m1/s1. The van der Waals surface area contributed by atoms with Gasteiger partial charge in [-0.1, -0.05) is 6.07 Å². The maximum absolute atomic E-state index is 14.2. The van der Waals surface area contributed by atoms with Crippen molar-refractivity contribution in [3.05, 3.63) is 45.8 Å².